The third-order valence-corrected chi connectivity index (χ3v) is 14.3. The van der Waals surface area contributed by atoms with Crippen LogP contribution in [0.2, 0.25) is 0 Å². The van der Waals surface area contributed by atoms with E-state index in [1.165, 1.54) is 75.6 Å². The number of thioether (sulfide) groups is 2. The van der Waals surface area contributed by atoms with Crippen molar-refractivity contribution in [1.29, 1.82) is 0 Å². The highest BCUT2D eigenvalue weighted by Gasteiger charge is 2.23. The van der Waals surface area contributed by atoms with Gasteiger partial charge < -0.3 is 106 Å². The molecule has 2 aliphatic rings. The van der Waals surface area contributed by atoms with Gasteiger partial charge in [-0.3, -0.25) is 0 Å². The normalized spacial score (nSPS) is 14.0. The molecule has 0 saturated carbocycles. The standard InChI is InChI=1S/C53H58N6S2.4HI/c1-54(2)42(34-38-58-36-32-40(44-22-7-9-24-46(44)58)18-15-30-52-56(5)48-26-11-13-28-50(48)60-52)20-17-21-43(55(3)4)35-39-59-37-33-41(45-23-8-10-25-47(45)59)19-16-31-53-57(6)49-27-12-14-29-51(49)61-53;;;;/h7-16,18-19,22-33,36-37H,17,20-21,34-35,38-39H2,1-6H3;4*1H/q+4;;;;/p-4. The molecule has 8 rings (SSSR count). The Morgan fingerprint density at radius 1 is 0.508 bits per heavy atom. The van der Waals surface area contributed by atoms with Gasteiger partial charge in [-0.15, -0.1) is 0 Å². The highest BCUT2D eigenvalue weighted by molar-refractivity contribution is 8.04. The number of halogens is 4. The van der Waals surface area contributed by atoms with E-state index in [1.807, 2.05) is 23.5 Å². The predicted octanol–water partition coefficient (Wildman–Crippen LogP) is -1.15. The number of hydrogen-bond donors (Lipinski definition) is 0. The third-order valence-electron chi connectivity index (χ3n) is 12.0. The van der Waals surface area contributed by atoms with Crippen molar-refractivity contribution in [2.75, 3.05) is 52.1 Å². The van der Waals surface area contributed by atoms with Gasteiger partial charge in [0.05, 0.1) is 45.0 Å². The first-order valence-electron chi connectivity index (χ1n) is 21.4. The molecule has 0 fully saturated rings. The maximum atomic E-state index is 2.43. The number of pyridine rings is 2. The summed E-state index contributed by atoms with van der Waals surface area (Å²) in [5.74, 6) is 0. The molecule has 0 amide bonds. The largest absolute Gasteiger partial charge is 1.00 e. The van der Waals surface area contributed by atoms with Gasteiger partial charge in [-0.1, -0.05) is 96.4 Å². The summed E-state index contributed by atoms with van der Waals surface area (Å²) in [7, 11) is 13.1. The second-order valence-corrected chi connectivity index (χ2v) is 18.3. The van der Waals surface area contributed by atoms with Crippen LogP contribution in [0.5, 0.6) is 0 Å². The van der Waals surface area contributed by atoms with Crippen molar-refractivity contribution in [1.82, 2.24) is 0 Å². The SMILES string of the molecule is CN1/C(=C/C=C/c2cc[n+](CCC(CCCC(CC[n+]3ccc(/C=C/C=C4/Sc5ccccc5N4C)c4ccccc43)=[N+](C)C)=[N+](C)C)c3ccccc23)Sc2ccccc21.[I-].[I-].[I-].[I-]. The molecule has 340 valence electrons. The molecule has 0 spiro atoms. The number of aromatic nitrogens is 2. The highest BCUT2D eigenvalue weighted by atomic mass is 127. The fourth-order valence-corrected chi connectivity index (χ4v) is 10.6. The molecule has 4 heterocycles. The lowest BCUT2D eigenvalue weighted by Gasteiger charge is -2.12. The lowest BCUT2D eigenvalue weighted by molar-refractivity contribution is -0.670. The molecule has 2 aliphatic heterocycles. The average Bonchev–Trinajstić information content (AvgIpc) is 3.77. The van der Waals surface area contributed by atoms with E-state index in [9.17, 15) is 0 Å². The summed E-state index contributed by atoms with van der Waals surface area (Å²) >= 11 is 3.65. The molecule has 0 N–H and O–H groups in total. The van der Waals surface area contributed by atoms with Gasteiger partial charge in [0, 0.05) is 61.0 Å². The summed E-state index contributed by atoms with van der Waals surface area (Å²) in [4.78, 5) is 7.16. The molecule has 2 aromatic heterocycles. The van der Waals surface area contributed by atoms with Crippen LogP contribution in [0, 0.1) is 0 Å². The fraction of sp³-hybridized carbons (Fsp3) is 0.245. The smallest absolute Gasteiger partial charge is 0.213 e. The summed E-state index contributed by atoms with van der Waals surface area (Å²) in [6.07, 6.45) is 23.2. The van der Waals surface area contributed by atoms with Crippen molar-refractivity contribution in [3.05, 3.63) is 167 Å². The van der Waals surface area contributed by atoms with E-state index >= 15 is 0 Å². The summed E-state index contributed by atoms with van der Waals surface area (Å²) < 4.78 is 9.54. The molecule has 0 radical (unpaired) electrons. The number of anilines is 2. The second kappa shape index (κ2) is 26.1. The number of aryl methyl sites for hydroxylation is 2. The minimum absolute atomic E-state index is 0. The van der Waals surface area contributed by atoms with Gasteiger partial charge in [-0.05, 0) is 66.1 Å². The Morgan fingerprint density at radius 3 is 1.29 bits per heavy atom. The molecule has 0 atom stereocenters. The third kappa shape index (κ3) is 13.3. The number of rotatable bonds is 14. The zero-order chi connectivity index (χ0) is 42.3. The van der Waals surface area contributed by atoms with Crippen LogP contribution in [-0.2, 0) is 13.1 Å². The van der Waals surface area contributed by atoms with Crippen molar-refractivity contribution < 1.29 is 114 Å². The van der Waals surface area contributed by atoms with Gasteiger partial charge in [-0.2, -0.15) is 9.13 Å². The van der Waals surface area contributed by atoms with Crippen molar-refractivity contribution in [3.8, 4) is 0 Å². The van der Waals surface area contributed by atoms with E-state index in [4.69, 9.17) is 0 Å². The van der Waals surface area contributed by atoms with Crippen molar-refractivity contribution in [2.24, 2.45) is 0 Å². The lowest BCUT2D eigenvalue weighted by Crippen LogP contribution is -3.00. The molecule has 6 nitrogen and oxygen atoms in total. The molecular weight excluding hydrogens is 1290 g/mol. The van der Waals surface area contributed by atoms with Gasteiger partial charge in [-0.25, -0.2) is 9.15 Å². The molecule has 0 unspecified atom stereocenters. The quantitative estimate of drug-likeness (QED) is 0.0782. The number of hydrogen-bond acceptors (Lipinski definition) is 4. The van der Waals surface area contributed by atoms with Crippen LogP contribution in [0.4, 0.5) is 11.4 Å². The Hall–Kier alpha value is -2.78. The first-order valence-corrected chi connectivity index (χ1v) is 23.0. The summed E-state index contributed by atoms with van der Waals surface area (Å²) in [5.41, 5.74) is 10.5. The van der Waals surface area contributed by atoms with Crippen LogP contribution in [-0.4, -0.2) is 62.9 Å². The first kappa shape index (κ1) is 54.8. The van der Waals surface area contributed by atoms with E-state index in [0.717, 1.165) is 45.2 Å². The average molecular weight is 1350 g/mol. The Morgan fingerprint density at radius 2 is 0.892 bits per heavy atom. The number of benzene rings is 4. The van der Waals surface area contributed by atoms with E-state index in [-0.39, 0.29) is 95.9 Å². The molecule has 6 aromatic rings. The number of nitrogens with zero attached hydrogens (tertiary/aromatic N) is 6. The molecule has 4 aromatic carbocycles. The van der Waals surface area contributed by atoms with E-state index < -0.39 is 0 Å². The van der Waals surface area contributed by atoms with E-state index in [2.05, 4.69) is 228 Å². The number of fused-ring (bicyclic) bond motifs is 4. The first-order chi connectivity index (χ1) is 29.7. The van der Waals surface area contributed by atoms with Crippen LogP contribution in [0.15, 0.2) is 166 Å². The Bertz CT molecular complexity index is 2600. The summed E-state index contributed by atoms with van der Waals surface area (Å²) in [5, 5.41) is 5.03. The lowest BCUT2D eigenvalue weighted by atomic mass is 10.0. The van der Waals surface area contributed by atoms with Gasteiger partial charge in [0.1, 0.15) is 28.2 Å². The number of para-hydroxylation sites is 4. The van der Waals surface area contributed by atoms with Crippen LogP contribution in [0.3, 0.4) is 0 Å². The molecule has 0 bridgehead atoms. The summed E-state index contributed by atoms with van der Waals surface area (Å²) in [6.45, 7) is 1.89. The topological polar surface area (TPSA) is 20.3 Å². The molecule has 0 saturated heterocycles. The zero-order valence-corrected chi connectivity index (χ0v) is 48.2. The highest BCUT2D eigenvalue weighted by Crippen LogP contribution is 2.45. The summed E-state index contributed by atoms with van der Waals surface area (Å²) in [6, 6.07) is 39.4. The van der Waals surface area contributed by atoms with Gasteiger partial charge in [0.15, 0.2) is 36.9 Å². The predicted molar refractivity (Wildman–Crippen MR) is 261 cm³/mol. The van der Waals surface area contributed by atoms with Crippen LogP contribution < -0.4 is 115 Å². The van der Waals surface area contributed by atoms with Gasteiger partial charge >= 0.3 is 0 Å². The molecular formula is C53H58I4N6S2. The van der Waals surface area contributed by atoms with Gasteiger partial charge in [0.25, 0.3) is 0 Å². The Kier molecular flexibility index (Phi) is 22.0. The van der Waals surface area contributed by atoms with Crippen molar-refractivity contribution in [2.45, 2.75) is 55.0 Å². The molecule has 12 heteroatoms. The van der Waals surface area contributed by atoms with Crippen LogP contribution >= 0.6 is 23.5 Å². The minimum Gasteiger partial charge on any atom is -1.00 e. The Balaban J connectivity index is 0.00000231. The van der Waals surface area contributed by atoms with E-state index in [0.29, 0.717) is 0 Å². The maximum Gasteiger partial charge on any atom is 0.213 e. The fourth-order valence-electron chi connectivity index (χ4n) is 8.44. The Labute approximate surface area is 463 Å². The van der Waals surface area contributed by atoms with Crippen molar-refractivity contribution >= 4 is 80.3 Å². The van der Waals surface area contributed by atoms with Gasteiger partial charge in [0.2, 0.25) is 11.0 Å². The monoisotopic (exact) mass is 1350 g/mol. The molecule has 65 heavy (non-hydrogen) atoms. The van der Waals surface area contributed by atoms with Crippen LogP contribution in [0.25, 0.3) is 34.0 Å². The molecule has 0 aliphatic carbocycles. The second-order valence-electron chi connectivity index (χ2n) is 16.2. The minimum atomic E-state index is 0. The zero-order valence-electron chi connectivity index (χ0n) is 38.0. The van der Waals surface area contributed by atoms with Crippen molar-refractivity contribution in [3.63, 3.8) is 0 Å². The van der Waals surface area contributed by atoms with E-state index in [1.54, 1.807) is 0 Å². The maximum absolute atomic E-state index is 2.43. The van der Waals surface area contributed by atoms with Crippen LogP contribution in [0.1, 0.15) is 43.2 Å². The number of allylic oxidation sites excluding steroid dienone is 4.